The van der Waals surface area contributed by atoms with Crippen LogP contribution in [0.1, 0.15) is 16.7 Å². The standard InChI is InChI=1S/C18H16N4O/c1-11-7-12(2)17-15(8-11)21-18(23-17)14-5-4-6-16(13(14)3)22-9-19-20-10-22/h4-10H,1-3H3. The predicted molar refractivity (Wildman–Crippen MR) is 88.6 cm³/mol. The highest BCUT2D eigenvalue weighted by molar-refractivity contribution is 5.81. The fourth-order valence-electron chi connectivity index (χ4n) is 2.95. The molecular weight excluding hydrogens is 288 g/mol. The summed E-state index contributed by atoms with van der Waals surface area (Å²) in [5, 5.41) is 7.74. The number of aromatic nitrogens is 4. The van der Waals surface area contributed by atoms with Crippen molar-refractivity contribution in [2.24, 2.45) is 0 Å². The maximum atomic E-state index is 6.04. The molecule has 5 nitrogen and oxygen atoms in total. The Balaban J connectivity index is 1.91. The lowest BCUT2D eigenvalue weighted by molar-refractivity contribution is 0.616. The molecule has 2 heterocycles. The third kappa shape index (κ3) is 2.21. The zero-order chi connectivity index (χ0) is 16.0. The van der Waals surface area contributed by atoms with E-state index in [9.17, 15) is 0 Å². The predicted octanol–water partition coefficient (Wildman–Crippen LogP) is 4.00. The highest BCUT2D eigenvalue weighted by Gasteiger charge is 2.15. The number of hydrogen-bond donors (Lipinski definition) is 0. The first kappa shape index (κ1) is 13.7. The van der Waals surface area contributed by atoms with Gasteiger partial charge in [-0.2, -0.15) is 0 Å². The molecule has 23 heavy (non-hydrogen) atoms. The summed E-state index contributed by atoms with van der Waals surface area (Å²) in [6.07, 6.45) is 3.37. The van der Waals surface area contributed by atoms with Crippen molar-refractivity contribution in [2.45, 2.75) is 20.8 Å². The van der Waals surface area contributed by atoms with Crippen LogP contribution in [0.5, 0.6) is 0 Å². The van der Waals surface area contributed by atoms with Crippen molar-refractivity contribution in [1.82, 2.24) is 19.7 Å². The van der Waals surface area contributed by atoms with Gasteiger partial charge in [0.15, 0.2) is 5.58 Å². The number of oxazole rings is 1. The van der Waals surface area contributed by atoms with Gasteiger partial charge in [0, 0.05) is 5.56 Å². The van der Waals surface area contributed by atoms with Gasteiger partial charge in [-0.05, 0) is 55.7 Å². The van der Waals surface area contributed by atoms with E-state index < -0.39 is 0 Å². The third-order valence-electron chi connectivity index (χ3n) is 4.05. The van der Waals surface area contributed by atoms with Gasteiger partial charge in [0.1, 0.15) is 18.2 Å². The van der Waals surface area contributed by atoms with Gasteiger partial charge in [-0.1, -0.05) is 12.1 Å². The van der Waals surface area contributed by atoms with Gasteiger partial charge in [0.05, 0.1) is 5.69 Å². The summed E-state index contributed by atoms with van der Waals surface area (Å²) in [4.78, 5) is 4.68. The van der Waals surface area contributed by atoms with E-state index >= 15 is 0 Å². The first-order valence-electron chi connectivity index (χ1n) is 7.46. The van der Waals surface area contributed by atoms with Gasteiger partial charge in [-0.15, -0.1) is 10.2 Å². The summed E-state index contributed by atoms with van der Waals surface area (Å²) in [7, 11) is 0. The Morgan fingerprint density at radius 1 is 1.00 bits per heavy atom. The van der Waals surface area contributed by atoms with Crippen molar-refractivity contribution < 1.29 is 4.42 Å². The largest absolute Gasteiger partial charge is 0.436 e. The molecule has 0 saturated heterocycles. The van der Waals surface area contributed by atoms with Gasteiger partial charge in [-0.3, -0.25) is 4.57 Å². The summed E-state index contributed by atoms with van der Waals surface area (Å²) in [5.41, 5.74) is 7.10. The van der Waals surface area contributed by atoms with Crippen LogP contribution in [0.2, 0.25) is 0 Å². The summed E-state index contributed by atoms with van der Waals surface area (Å²) >= 11 is 0. The second-order valence-electron chi connectivity index (χ2n) is 5.77. The average molecular weight is 304 g/mol. The molecule has 4 aromatic rings. The molecule has 4 rings (SSSR count). The highest BCUT2D eigenvalue weighted by atomic mass is 16.3. The number of rotatable bonds is 2. The van der Waals surface area contributed by atoms with Crippen molar-refractivity contribution in [3.8, 4) is 17.1 Å². The molecule has 0 aliphatic carbocycles. The highest BCUT2D eigenvalue weighted by Crippen LogP contribution is 2.31. The second-order valence-corrected chi connectivity index (χ2v) is 5.77. The fourth-order valence-corrected chi connectivity index (χ4v) is 2.95. The lowest BCUT2D eigenvalue weighted by Gasteiger charge is -2.08. The maximum absolute atomic E-state index is 6.04. The van der Waals surface area contributed by atoms with Gasteiger partial charge in [0.25, 0.3) is 0 Å². The van der Waals surface area contributed by atoms with Crippen LogP contribution >= 0.6 is 0 Å². The molecular formula is C18H16N4O. The summed E-state index contributed by atoms with van der Waals surface area (Å²) in [6.45, 7) is 6.17. The number of nitrogens with zero attached hydrogens (tertiary/aromatic N) is 4. The van der Waals surface area contributed by atoms with Crippen LogP contribution in [0.25, 0.3) is 28.2 Å². The van der Waals surface area contributed by atoms with E-state index in [-0.39, 0.29) is 0 Å². The molecule has 0 aliphatic heterocycles. The van der Waals surface area contributed by atoms with Crippen molar-refractivity contribution in [3.63, 3.8) is 0 Å². The molecule has 5 heteroatoms. The van der Waals surface area contributed by atoms with Crippen molar-refractivity contribution >= 4 is 11.1 Å². The van der Waals surface area contributed by atoms with E-state index in [4.69, 9.17) is 4.42 Å². The molecule has 0 saturated carbocycles. The fraction of sp³-hybridized carbons (Fsp3) is 0.167. The van der Waals surface area contributed by atoms with Crippen LogP contribution in [0.15, 0.2) is 47.4 Å². The summed E-state index contributed by atoms with van der Waals surface area (Å²) in [5.74, 6) is 0.640. The minimum absolute atomic E-state index is 0.640. The number of benzene rings is 2. The van der Waals surface area contributed by atoms with Crippen molar-refractivity contribution in [2.75, 3.05) is 0 Å². The molecule has 0 amide bonds. The Hall–Kier alpha value is -2.95. The average Bonchev–Trinajstić information content (AvgIpc) is 3.16. The normalized spacial score (nSPS) is 11.3. The van der Waals surface area contributed by atoms with Gasteiger partial charge in [-0.25, -0.2) is 4.98 Å². The van der Waals surface area contributed by atoms with E-state index in [1.165, 1.54) is 5.56 Å². The molecule has 0 fully saturated rings. The zero-order valence-corrected chi connectivity index (χ0v) is 13.2. The Bertz CT molecular complexity index is 999. The van der Waals surface area contributed by atoms with Crippen molar-refractivity contribution in [3.05, 3.63) is 59.7 Å². The van der Waals surface area contributed by atoms with E-state index in [0.29, 0.717) is 5.89 Å². The van der Waals surface area contributed by atoms with Crippen molar-refractivity contribution in [1.29, 1.82) is 0 Å². The van der Waals surface area contributed by atoms with Crippen LogP contribution in [-0.2, 0) is 0 Å². The maximum Gasteiger partial charge on any atom is 0.227 e. The van der Waals surface area contributed by atoms with E-state index in [1.807, 2.05) is 35.8 Å². The van der Waals surface area contributed by atoms with Crippen LogP contribution in [-0.4, -0.2) is 19.7 Å². The minimum atomic E-state index is 0.640. The van der Waals surface area contributed by atoms with Gasteiger partial charge in [0.2, 0.25) is 5.89 Å². The molecule has 0 atom stereocenters. The molecule has 0 radical (unpaired) electrons. The van der Waals surface area contributed by atoms with Gasteiger partial charge < -0.3 is 4.42 Å². The topological polar surface area (TPSA) is 56.7 Å². The lowest BCUT2D eigenvalue weighted by Crippen LogP contribution is -1.96. The summed E-state index contributed by atoms with van der Waals surface area (Å²) in [6, 6.07) is 10.2. The Labute approximate surface area is 133 Å². The molecule has 2 aromatic carbocycles. The quantitative estimate of drug-likeness (QED) is 0.561. The Kier molecular flexibility index (Phi) is 3.01. The summed E-state index contributed by atoms with van der Waals surface area (Å²) < 4.78 is 7.93. The van der Waals surface area contributed by atoms with E-state index in [1.54, 1.807) is 12.7 Å². The Morgan fingerprint density at radius 2 is 1.78 bits per heavy atom. The van der Waals surface area contributed by atoms with Crippen LogP contribution in [0.3, 0.4) is 0 Å². The zero-order valence-electron chi connectivity index (χ0n) is 13.2. The van der Waals surface area contributed by atoms with Crippen LogP contribution < -0.4 is 0 Å². The van der Waals surface area contributed by atoms with Crippen LogP contribution in [0, 0.1) is 20.8 Å². The minimum Gasteiger partial charge on any atom is -0.436 e. The van der Waals surface area contributed by atoms with E-state index in [2.05, 4.69) is 35.1 Å². The molecule has 114 valence electrons. The van der Waals surface area contributed by atoms with E-state index in [0.717, 1.165) is 33.5 Å². The first-order valence-corrected chi connectivity index (χ1v) is 7.46. The second kappa shape index (κ2) is 5.05. The van der Waals surface area contributed by atoms with Gasteiger partial charge >= 0.3 is 0 Å². The van der Waals surface area contributed by atoms with Crippen LogP contribution in [0.4, 0.5) is 0 Å². The number of fused-ring (bicyclic) bond motifs is 1. The number of hydrogen-bond acceptors (Lipinski definition) is 4. The molecule has 0 spiro atoms. The molecule has 2 aromatic heterocycles. The molecule has 0 aliphatic rings. The first-order chi connectivity index (χ1) is 11.1. The smallest absolute Gasteiger partial charge is 0.227 e. The molecule has 0 N–H and O–H groups in total. The third-order valence-corrected chi connectivity index (χ3v) is 4.05. The number of aryl methyl sites for hydroxylation is 2. The molecule has 0 bridgehead atoms. The SMILES string of the molecule is Cc1cc(C)c2oc(-c3cccc(-n4cnnc4)c3C)nc2c1. The Morgan fingerprint density at radius 3 is 2.57 bits per heavy atom. The monoisotopic (exact) mass is 304 g/mol. The lowest BCUT2D eigenvalue weighted by atomic mass is 10.1. The molecule has 0 unspecified atom stereocenters.